The van der Waals surface area contributed by atoms with E-state index in [-0.39, 0.29) is 5.54 Å². The largest absolute Gasteiger partial charge is 0.376 e. The summed E-state index contributed by atoms with van der Waals surface area (Å²) < 4.78 is 5.07. The summed E-state index contributed by atoms with van der Waals surface area (Å²) >= 11 is 0. The topological polar surface area (TPSA) is 38.1 Å². The summed E-state index contributed by atoms with van der Waals surface area (Å²) in [5.41, 5.74) is 2.06. The molecule has 0 fully saturated rings. The van der Waals surface area contributed by atoms with E-state index in [1.807, 2.05) is 13.8 Å². The number of aromatic nitrogens is 1. The van der Waals surface area contributed by atoms with Crippen LogP contribution in [0.4, 0.5) is 5.69 Å². The molecule has 74 valence electrons. The Balaban J connectivity index is 2.85. The first-order valence-corrected chi connectivity index (χ1v) is 4.67. The van der Waals surface area contributed by atoms with Gasteiger partial charge < -0.3 is 9.84 Å². The van der Waals surface area contributed by atoms with E-state index in [0.717, 1.165) is 23.6 Å². The fraction of sp³-hybridized carbons (Fsp3) is 0.700. The van der Waals surface area contributed by atoms with Gasteiger partial charge in [0.25, 0.3) is 0 Å². The summed E-state index contributed by atoms with van der Waals surface area (Å²) in [5.74, 6) is 0.860. The number of aryl methyl sites for hydroxylation is 2. The Hall–Kier alpha value is -0.990. The molecule has 3 nitrogen and oxygen atoms in total. The molecule has 1 rings (SSSR count). The van der Waals surface area contributed by atoms with Gasteiger partial charge >= 0.3 is 0 Å². The van der Waals surface area contributed by atoms with Gasteiger partial charge in [0.05, 0.1) is 0 Å². The van der Waals surface area contributed by atoms with E-state index in [1.165, 1.54) is 0 Å². The van der Waals surface area contributed by atoms with Crippen molar-refractivity contribution in [3.8, 4) is 0 Å². The smallest absolute Gasteiger partial charge is 0.157 e. The normalized spacial score (nSPS) is 11.8. The van der Waals surface area contributed by atoms with Gasteiger partial charge in [0.2, 0.25) is 0 Å². The molecule has 0 aromatic carbocycles. The average Bonchev–Trinajstić information content (AvgIpc) is 2.36. The maximum Gasteiger partial charge on any atom is 0.157 e. The predicted molar refractivity (Wildman–Crippen MR) is 54.0 cm³/mol. The molecule has 1 N–H and O–H groups in total. The van der Waals surface area contributed by atoms with Crippen molar-refractivity contribution in [2.75, 3.05) is 5.32 Å². The van der Waals surface area contributed by atoms with Crippen molar-refractivity contribution in [2.45, 2.75) is 46.6 Å². The minimum absolute atomic E-state index is 0.0983. The minimum atomic E-state index is 0.0983. The standard InChI is InChI=1S/C10H18N2O/c1-6-10(4,5)11-9-7(2)12-13-8(9)3/h11H,6H2,1-5H3. The van der Waals surface area contributed by atoms with Crippen LogP contribution in [0.25, 0.3) is 0 Å². The van der Waals surface area contributed by atoms with Gasteiger partial charge in [-0.05, 0) is 34.1 Å². The summed E-state index contributed by atoms with van der Waals surface area (Å²) in [6.45, 7) is 10.4. The lowest BCUT2D eigenvalue weighted by Crippen LogP contribution is -2.30. The molecular weight excluding hydrogens is 164 g/mol. The fourth-order valence-electron chi connectivity index (χ4n) is 1.09. The van der Waals surface area contributed by atoms with E-state index in [0.29, 0.717) is 0 Å². The Morgan fingerprint density at radius 3 is 2.38 bits per heavy atom. The number of nitrogens with zero attached hydrogens (tertiary/aromatic N) is 1. The number of anilines is 1. The van der Waals surface area contributed by atoms with Crippen molar-refractivity contribution < 1.29 is 4.52 Å². The summed E-state index contributed by atoms with van der Waals surface area (Å²) in [4.78, 5) is 0. The molecule has 1 aromatic heterocycles. The zero-order valence-electron chi connectivity index (χ0n) is 9.06. The van der Waals surface area contributed by atoms with Crippen molar-refractivity contribution in [3.05, 3.63) is 11.5 Å². The Morgan fingerprint density at radius 2 is 2.00 bits per heavy atom. The van der Waals surface area contributed by atoms with Gasteiger partial charge in [-0.3, -0.25) is 0 Å². The molecule has 0 atom stereocenters. The monoisotopic (exact) mass is 182 g/mol. The zero-order chi connectivity index (χ0) is 10.1. The van der Waals surface area contributed by atoms with Crippen LogP contribution in [-0.2, 0) is 0 Å². The van der Waals surface area contributed by atoms with Gasteiger partial charge in [-0.2, -0.15) is 0 Å². The lowest BCUT2D eigenvalue weighted by atomic mass is 10.0. The molecular formula is C10H18N2O. The molecule has 0 aliphatic heterocycles. The second-order valence-corrected chi connectivity index (χ2v) is 4.06. The van der Waals surface area contributed by atoms with Crippen LogP contribution >= 0.6 is 0 Å². The SMILES string of the molecule is CCC(C)(C)Nc1c(C)noc1C. The first-order valence-electron chi connectivity index (χ1n) is 4.67. The number of rotatable bonds is 3. The Bertz CT molecular complexity index is 270. The van der Waals surface area contributed by atoms with Gasteiger partial charge in [-0.1, -0.05) is 12.1 Å². The highest BCUT2D eigenvalue weighted by molar-refractivity contribution is 5.51. The zero-order valence-corrected chi connectivity index (χ0v) is 9.06. The van der Waals surface area contributed by atoms with E-state index in [1.54, 1.807) is 0 Å². The third-order valence-corrected chi connectivity index (χ3v) is 2.38. The van der Waals surface area contributed by atoms with Crippen LogP contribution < -0.4 is 5.32 Å². The van der Waals surface area contributed by atoms with Crippen LogP contribution in [0.3, 0.4) is 0 Å². The Labute approximate surface area is 79.5 Å². The molecule has 1 heterocycles. The highest BCUT2D eigenvalue weighted by atomic mass is 16.5. The van der Waals surface area contributed by atoms with Crippen molar-refractivity contribution in [3.63, 3.8) is 0 Å². The molecule has 13 heavy (non-hydrogen) atoms. The van der Waals surface area contributed by atoms with Crippen molar-refractivity contribution in [2.24, 2.45) is 0 Å². The molecule has 0 amide bonds. The first-order chi connectivity index (χ1) is 5.96. The van der Waals surface area contributed by atoms with Gasteiger partial charge in [-0.25, -0.2) is 0 Å². The summed E-state index contributed by atoms with van der Waals surface area (Å²) in [5, 5.41) is 7.33. The Morgan fingerprint density at radius 1 is 1.38 bits per heavy atom. The van der Waals surface area contributed by atoms with E-state index < -0.39 is 0 Å². The maximum atomic E-state index is 5.07. The van der Waals surface area contributed by atoms with Crippen LogP contribution in [0.15, 0.2) is 4.52 Å². The van der Waals surface area contributed by atoms with Gasteiger partial charge in [0, 0.05) is 5.54 Å². The maximum absolute atomic E-state index is 5.07. The highest BCUT2D eigenvalue weighted by Gasteiger charge is 2.18. The van der Waals surface area contributed by atoms with Crippen LogP contribution in [0, 0.1) is 13.8 Å². The summed E-state index contributed by atoms with van der Waals surface area (Å²) in [7, 11) is 0. The van der Waals surface area contributed by atoms with Crippen LogP contribution in [0.2, 0.25) is 0 Å². The quantitative estimate of drug-likeness (QED) is 0.781. The van der Waals surface area contributed by atoms with E-state index in [9.17, 15) is 0 Å². The fourth-order valence-corrected chi connectivity index (χ4v) is 1.09. The Kier molecular flexibility index (Phi) is 2.64. The van der Waals surface area contributed by atoms with E-state index >= 15 is 0 Å². The molecule has 0 saturated heterocycles. The number of hydrogen-bond donors (Lipinski definition) is 1. The molecule has 0 unspecified atom stereocenters. The third kappa shape index (κ3) is 2.23. The third-order valence-electron chi connectivity index (χ3n) is 2.38. The average molecular weight is 182 g/mol. The van der Waals surface area contributed by atoms with Gasteiger partial charge in [-0.15, -0.1) is 0 Å². The van der Waals surface area contributed by atoms with Gasteiger partial charge in [0.15, 0.2) is 5.76 Å². The lowest BCUT2D eigenvalue weighted by molar-refractivity contribution is 0.393. The summed E-state index contributed by atoms with van der Waals surface area (Å²) in [6, 6.07) is 0. The number of hydrogen-bond acceptors (Lipinski definition) is 3. The molecule has 3 heteroatoms. The van der Waals surface area contributed by atoms with Crippen LogP contribution in [0.1, 0.15) is 38.6 Å². The molecule has 1 aromatic rings. The van der Waals surface area contributed by atoms with Crippen molar-refractivity contribution in [1.82, 2.24) is 5.16 Å². The molecule has 0 spiro atoms. The first kappa shape index (κ1) is 10.1. The van der Waals surface area contributed by atoms with Gasteiger partial charge in [0.1, 0.15) is 11.4 Å². The van der Waals surface area contributed by atoms with Crippen LogP contribution in [0.5, 0.6) is 0 Å². The molecule has 0 aliphatic rings. The molecule has 0 radical (unpaired) electrons. The van der Waals surface area contributed by atoms with Crippen molar-refractivity contribution in [1.29, 1.82) is 0 Å². The van der Waals surface area contributed by atoms with Crippen molar-refractivity contribution >= 4 is 5.69 Å². The highest BCUT2D eigenvalue weighted by Crippen LogP contribution is 2.24. The summed E-state index contributed by atoms with van der Waals surface area (Å²) in [6.07, 6.45) is 1.07. The predicted octanol–water partition coefficient (Wildman–Crippen LogP) is 2.89. The molecule has 0 aliphatic carbocycles. The second kappa shape index (κ2) is 3.40. The van der Waals surface area contributed by atoms with E-state index in [4.69, 9.17) is 4.52 Å². The molecule has 0 bridgehead atoms. The van der Waals surface area contributed by atoms with E-state index in [2.05, 4.69) is 31.2 Å². The minimum Gasteiger partial charge on any atom is -0.376 e. The molecule has 0 saturated carbocycles. The second-order valence-electron chi connectivity index (χ2n) is 4.06. The van der Waals surface area contributed by atoms with Crippen LogP contribution in [-0.4, -0.2) is 10.7 Å². The lowest BCUT2D eigenvalue weighted by Gasteiger charge is -2.25. The number of nitrogens with one attached hydrogen (secondary N) is 1.